The first-order chi connectivity index (χ1) is 14.2. The van der Waals surface area contributed by atoms with Crippen molar-refractivity contribution in [3.05, 3.63) is 74.7 Å². The van der Waals surface area contributed by atoms with Crippen LogP contribution in [0.3, 0.4) is 0 Å². The van der Waals surface area contributed by atoms with Crippen LogP contribution < -0.4 is 9.46 Å². The van der Waals surface area contributed by atoms with E-state index in [1.807, 2.05) is 0 Å². The molecule has 1 N–H and O–H groups in total. The second kappa shape index (κ2) is 8.42. The third kappa shape index (κ3) is 4.77. The number of halogens is 4. The lowest BCUT2D eigenvalue weighted by Gasteiger charge is -2.11. The molecule has 0 aliphatic rings. The number of anilines is 1. The Hall–Kier alpha value is -1.74. The number of aromatic nitrogens is 1. The third-order valence-electron chi connectivity index (χ3n) is 3.84. The number of thiazole rings is 1. The van der Waals surface area contributed by atoms with Gasteiger partial charge in [0.15, 0.2) is 0 Å². The van der Waals surface area contributed by atoms with E-state index in [2.05, 4.69) is 9.71 Å². The molecule has 0 spiro atoms. The predicted octanol–water partition coefficient (Wildman–Crippen LogP) is 7.50. The number of ether oxygens (including phenoxy) is 1. The van der Waals surface area contributed by atoms with Gasteiger partial charge in [-0.25, -0.2) is 13.4 Å². The summed E-state index contributed by atoms with van der Waals surface area (Å²) in [5.74, 6) is 0.313. The minimum Gasteiger partial charge on any atom is -0.431 e. The zero-order chi connectivity index (χ0) is 21.5. The highest BCUT2D eigenvalue weighted by Gasteiger charge is 2.19. The zero-order valence-electron chi connectivity index (χ0n) is 14.7. The fourth-order valence-electron chi connectivity index (χ4n) is 2.61. The maximum absolute atomic E-state index is 12.7. The average molecular weight is 520 g/mol. The fraction of sp³-hybridized carbons (Fsp3) is 0. The summed E-state index contributed by atoms with van der Waals surface area (Å²) in [6.07, 6.45) is 0. The number of benzene rings is 3. The minimum absolute atomic E-state index is 0.00152. The van der Waals surface area contributed by atoms with Gasteiger partial charge in [0.2, 0.25) is 0 Å². The van der Waals surface area contributed by atoms with Crippen molar-refractivity contribution < 1.29 is 13.2 Å². The van der Waals surface area contributed by atoms with Gasteiger partial charge in [0.05, 0.1) is 20.9 Å². The molecule has 4 rings (SSSR count). The largest absolute Gasteiger partial charge is 0.431 e. The van der Waals surface area contributed by atoms with Gasteiger partial charge in [0.25, 0.3) is 15.2 Å². The molecule has 0 atom stereocenters. The summed E-state index contributed by atoms with van der Waals surface area (Å²) in [6.45, 7) is 0. The molecular weight excluding hydrogens is 510 g/mol. The van der Waals surface area contributed by atoms with Gasteiger partial charge in [-0.3, -0.25) is 4.72 Å². The van der Waals surface area contributed by atoms with Crippen LogP contribution in [0, 0.1) is 0 Å². The maximum atomic E-state index is 12.7. The lowest BCUT2D eigenvalue weighted by atomic mass is 10.3. The summed E-state index contributed by atoms with van der Waals surface area (Å²) in [4.78, 5) is 4.26. The van der Waals surface area contributed by atoms with Crippen molar-refractivity contribution in [1.29, 1.82) is 0 Å². The van der Waals surface area contributed by atoms with E-state index in [-0.39, 0.29) is 20.6 Å². The number of nitrogens with one attached hydrogen (secondary N) is 1. The van der Waals surface area contributed by atoms with Crippen LogP contribution in [0.15, 0.2) is 59.5 Å². The Balaban J connectivity index is 1.62. The van der Waals surface area contributed by atoms with Crippen LogP contribution in [0.1, 0.15) is 0 Å². The summed E-state index contributed by atoms with van der Waals surface area (Å²) in [5, 5.41) is 1.56. The van der Waals surface area contributed by atoms with Crippen molar-refractivity contribution in [2.24, 2.45) is 0 Å². The minimum atomic E-state index is -3.97. The monoisotopic (exact) mass is 518 g/mol. The van der Waals surface area contributed by atoms with E-state index in [1.54, 1.807) is 24.3 Å². The third-order valence-corrected chi connectivity index (χ3v) is 7.29. The number of rotatable bonds is 5. The van der Waals surface area contributed by atoms with Crippen LogP contribution >= 0.6 is 57.7 Å². The molecule has 0 aliphatic heterocycles. The molecule has 5 nitrogen and oxygen atoms in total. The van der Waals surface area contributed by atoms with Gasteiger partial charge in [-0.1, -0.05) is 57.7 Å². The van der Waals surface area contributed by atoms with Crippen LogP contribution in [-0.2, 0) is 10.0 Å². The van der Waals surface area contributed by atoms with E-state index >= 15 is 0 Å². The fourth-order valence-corrected chi connectivity index (χ4v) is 5.76. The van der Waals surface area contributed by atoms with Crippen LogP contribution in [0.25, 0.3) is 10.2 Å². The van der Waals surface area contributed by atoms with Crippen molar-refractivity contribution in [3.63, 3.8) is 0 Å². The molecule has 11 heteroatoms. The van der Waals surface area contributed by atoms with Gasteiger partial charge >= 0.3 is 0 Å². The summed E-state index contributed by atoms with van der Waals surface area (Å²) >= 11 is 25.3. The summed E-state index contributed by atoms with van der Waals surface area (Å²) in [7, 11) is -3.97. The van der Waals surface area contributed by atoms with Gasteiger partial charge in [0, 0.05) is 21.1 Å². The second-order valence-corrected chi connectivity index (χ2v) is 10.4. The molecule has 154 valence electrons. The van der Waals surface area contributed by atoms with Gasteiger partial charge in [-0.2, -0.15) is 0 Å². The van der Waals surface area contributed by atoms with Crippen molar-refractivity contribution in [1.82, 2.24) is 4.98 Å². The SMILES string of the molecule is O=S(=O)(Nc1cc(Cl)cc(Oc2nc3ccc(Cl)cc3s2)c1)c1ccc(Cl)cc1Cl. The Morgan fingerprint density at radius 3 is 2.37 bits per heavy atom. The highest BCUT2D eigenvalue weighted by molar-refractivity contribution is 7.92. The van der Waals surface area contributed by atoms with Crippen LogP contribution in [0.4, 0.5) is 5.69 Å². The van der Waals surface area contributed by atoms with Crippen LogP contribution in [0.5, 0.6) is 10.9 Å². The first-order valence-corrected chi connectivity index (χ1v) is 12.0. The highest BCUT2D eigenvalue weighted by Crippen LogP contribution is 2.35. The van der Waals surface area contributed by atoms with Gasteiger partial charge in [0.1, 0.15) is 10.6 Å². The van der Waals surface area contributed by atoms with Crippen molar-refractivity contribution >= 4 is 83.7 Å². The van der Waals surface area contributed by atoms with Crippen molar-refractivity contribution in [3.8, 4) is 10.9 Å². The molecule has 1 aromatic heterocycles. The Bertz CT molecular complexity index is 1370. The summed E-state index contributed by atoms with van der Waals surface area (Å²) < 4.78 is 34.5. The lowest BCUT2D eigenvalue weighted by Crippen LogP contribution is -2.13. The number of fused-ring (bicyclic) bond motifs is 1. The summed E-state index contributed by atoms with van der Waals surface area (Å²) in [5.41, 5.74) is 0.937. The van der Waals surface area contributed by atoms with E-state index in [9.17, 15) is 8.42 Å². The molecule has 1 heterocycles. The van der Waals surface area contributed by atoms with Crippen molar-refractivity contribution in [2.45, 2.75) is 4.90 Å². The molecule has 0 bridgehead atoms. The average Bonchev–Trinajstić information content (AvgIpc) is 3.01. The molecular formula is C19H10Cl4N2O3S2. The Kier molecular flexibility index (Phi) is 6.03. The molecule has 4 aromatic rings. The molecule has 0 fully saturated rings. The van der Waals surface area contributed by atoms with E-state index in [0.717, 1.165) is 10.2 Å². The Morgan fingerprint density at radius 2 is 1.60 bits per heavy atom. The van der Waals surface area contributed by atoms with Crippen LogP contribution in [0.2, 0.25) is 20.1 Å². The second-order valence-electron chi connectivity index (χ2n) is 6.05. The molecule has 0 aliphatic carbocycles. The Labute approximate surface area is 196 Å². The van der Waals surface area contributed by atoms with E-state index in [0.29, 0.717) is 21.0 Å². The van der Waals surface area contributed by atoms with Gasteiger partial charge < -0.3 is 4.74 Å². The van der Waals surface area contributed by atoms with E-state index < -0.39 is 10.0 Å². The Morgan fingerprint density at radius 1 is 0.867 bits per heavy atom. The first-order valence-electron chi connectivity index (χ1n) is 8.22. The predicted molar refractivity (Wildman–Crippen MR) is 123 cm³/mol. The smallest absolute Gasteiger partial charge is 0.279 e. The number of hydrogen-bond acceptors (Lipinski definition) is 5. The van der Waals surface area contributed by atoms with Gasteiger partial charge in [-0.05, 0) is 48.5 Å². The molecule has 0 amide bonds. The molecule has 30 heavy (non-hydrogen) atoms. The first kappa shape index (κ1) is 21.5. The number of sulfonamides is 1. The maximum Gasteiger partial charge on any atom is 0.279 e. The lowest BCUT2D eigenvalue weighted by molar-refractivity contribution is 0.480. The normalized spacial score (nSPS) is 11.6. The topological polar surface area (TPSA) is 68.3 Å². The van der Waals surface area contributed by atoms with E-state index in [4.69, 9.17) is 51.1 Å². The molecule has 0 saturated heterocycles. The number of hydrogen-bond donors (Lipinski definition) is 1. The molecule has 0 radical (unpaired) electrons. The van der Waals surface area contributed by atoms with Crippen molar-refractivity contribution in [2.75, 3.05) is 4.72 Å². The van der Waals surface area contributed by atoms with E-state index in [1.165, 1.54) is 41.7 Å². The molecule has 0 saturated carbocycles. The highest BCUT2D eigenvalue weighted by atomic mass is 35.5. The van der Waals surface area contributed by atoms with Crippen LogP contribution in [-0.4, -0.2) is 13.4 Å². The molecule has 3 aromatic carbocycles. The molecule has 0 unspecified atom stereocenters. The zero-order valence-corrected chi connectivity index (χ0v) is 19.4. The standard InChI is InChI=1S/C19H10Cl4N2O3S2/c20-10-2-4-18(15(23)7-10)30(26,27)25-13-5-12(22)6-14(9-13)28-19-24-16-3-1-11(21)8-17(16)29-19/h1-9,25H. The number of nitrogens with zero attached hydrogens (tertiary/aromatic N) is 1. The quantitative estimate of drug-likeness (QED) is 0.296. The van der Waals surface area contributed by atoms with Gasteiger partial charge in [-0.15, -0.1) is 0 Å². The summed E-state index contributed by atoms with van der Waals surface area (Å²) in [6, 6.07) is 13.9.